The zero-order chi connectivity index (χ0) is 33.8. The van der Waals surface area contributed by atoms with Gasteiger partial charge in [-0.3, -0.25) is 19.2 Å². The maximum Gasteiger partial charge on any atom is 0.407 e. The number of nitrogens with zero attached hydrogens (tertiary/aromatic N) is 1. The predicted molar refractivity (Wildman–Crippen MR) is 165 cm³/mol. The number of likely N-dealkylation sites (tertiary alicyclic amines) is 1. The summed E-state index contributed by atoms with van der Waals surface area (Å²) in [7, 11) is 1.59. The molecular weight excluding hydrogens is 600 g/mol. The molecular formula is C32H50N4O10. The van der Waals surface area contributed by atoms with E-state index in [1.54, 1.807) is 7.11 Å². The Bertz CT molecular complexity index is 1200. The van der Waals surface area contributed by atoms with Gasteiger partial charge in [0.15, 0.2) is 0 Å². The molecule has 1 aliphatic carbocycles. The Labute approximate surface area is 270 Å². The molecule has 8 atom stereocenters. The Kier molecular flexibility index (Phi) is 11.4. The molecule has 4 rings (SSSR count). The Morgan fingerprint density at radius 1 is 1.11 bits per heavy atom. The van der Waals surface area contributed by atoms with Crippen molar-refractivity contribution in [2.45, 2.75) is 115 Å². The van der Waals surface area contributed by atoms with Crippen LogP contribution >= 0.6 is 0 Å². The molecule has 0 unspecified atom stereocenters. The molecule has 3 aliphatic heterocycles. The predicted octanol–water partition coefficient (Wildman–Crippen LogP) is 1.51. The summed E-state index contributed by atoms with van der Waals surface area (Å²) in [5.74, 6) is -2.85. The van der Waals surface area contributed by atoms with E-state index in [1.165, 1.54) is 10.5 Å². The van der Waals surface area contributed by atoms with Gasteiger partial charge in [-0.1, -0.05) is 25.5 Å². The molecule has 0 bridgehead atoms. The van der Waals surface area contributed by atoms with Crippen LogP contribution in [0.2, 0.25) is 0 Å². The summed E-state index contributed by atoms with van der Waals surface area (Å²) < 4.78 is 23.9. The molecule has 14 heteroatoms. The maximum atomic E-state index is 13.2. The zero-order valence-electron chi connectivity index (χ0n) is 27.8. The molecule has 258 valence electrons. The van der Waals surface area contributed by atoms with Crippen LogP contribution in [-0.2, 0) is 38.1 Å². The molecule has 4 N–H and O–H groups in total. The van der Waals surface area contributed by atoms with Crippen molar-refractivity contribution in [3.05, 3.63) is 11.6 Å². The number of carboxylic acids is 1. The number of hydrogen-bond acceptors (Lipinski definition) is 9. The van der Waals surface area contributed by atoms with Gasteiger partial charge in [-0.25, -0.2) is 4.79 Å². The lowest BCUT2D eigenvalue weighted by Crippen LogP contribution is -2.56. The number of rotatable bonds is 14. The van der Waals surface area contributed by atoms with Crippen LogP contribution in [0.1, 0.15) is 73.1 Å². The summed E-state index contributed by atoms with van der Waals surface area (Å²) in [6.45, 7) is 9.90. The van der Waals surface area contributed by atoms with Crippen LogP contribution < -0.4 is 16.0 Å². The number of allylic oxidation sites excluding steroid dienone is 1. The van der Waals surface area contributed by atoms with Crippen LogP contribution in [0.3, 0.4) is 0 Å². The minimum Gasteiger partial charge on any atom is -0.480 e. The molecule has 14 nitrogen and oxygen atoms in total. The normalized spacial score (nSPS) is 32.0. The first-order chi connectivity index (χ1) is 21.7. The number of carbonyl (C=O) groups is 5. The fourth-order valence-electron chi connectivity index (χ4n) is 7.09. The van der Waals surface area contributed by atoms with Gasteiger partial charge in [0, 0.05) is 13.7 Å². The van der Waals surface area contributed by atoms with E-state index in [0.29, 0.717) is 45.3 Å². The second-order valence-electron chi connectivity index (χ2n) is 13.7. The van der Waals surface area contributed by atoms with Gasteiger partial charge >= 0.3 is 12.1 Å². The number of amides is 4. The molecule has 1 saturated carbocycles. The highest BCUT2D eigenvalue weighted by Gasteiger charge is 2.72. The quantitative estimate of drug-likeness (QED) is 0.159. The van der Waals surface area contributed by atoms with Crippen molar-refractivity contribution in [1.29, 1.82) is 0 Å². The van der Waals surface area contributed by atoms with Gasteiger partial charge in [-0.2, -0.15) is 0 Å². The van der Waals surface area contributed by atoms with Crippen LogP contribution in [-0.4, -0.2) is 115 Å². The second kappa shape index (κ2) is 14.7. The third-order valence-electron chi connectivity index (χ3n) is 9.51. The van der Waals surface area contributed by atoms with Gasteiger partial charge in [0.05, 0.1) is 18.6 Å². The molecule has 0 aromatic heterocycles. The average molecular weight is 651 g/mol. The van der Waals surface area contributed by atoms with E-state index in [9.17, 15) is 24.0 Å². The van der Waals surface area contributed by atoms with E-state index < -0.39 is 66.2 Å². The molecule has 4 aliphatic rings. The van der Waals surface area contributed by atoms with Crippen molar-refractivity contribution < 1.29 is 48.0 Å². The first-order valence-corrected chi connectivity index (χ1v) is 16.2. The Morgan fingerprint density at radius 3 is 2.43 bits per heavy atom. The number of ether oxygens (including phenoxy) is 4. The lowest BCUT2D eigenvalue weighted by molar-refractivity contribution is -0.140. The molecule has 0 aromatic carbocycles. The molecule has 4 amide bonds. The third kappa shape index (κ3) is 8.37. The van der Waals surface area contributed by atoms with E-state index in [4.69, 9.17) is 24.1 Å². The second-order valence-corrected chi connectivity index (χ2v) is 13.7. The molecule has 3 heterocycles. The number of carbonyl (C=O) groups excluding carboxylic acids is 4. The number of methoxy groups -OCH3 is 1. The van der Waals surface area contributed by atoms with Gasteiger partial charge < -0.3 is 44.9 Å². The minimum absolute atomic E-state index is 0.0155. The molecule has 0 radical (unpaired) electrons. The van der Waals surface area contributed by atoms with E-state index in [2.05, 4.69) is 29.0 Å². The van der Waals surface area contributed by atoms with Crippen LogP contribution in [0.15, 0.2) is 11.6 Å². The summed E-state index contributed by atoms with van der Waals surface area (Å²) in [6, 6.07) is -1.77. The molecule has 3 saturated heterocycles. The third-order valence-corrected chi connectivity index (χ3v) is 9.51. The zero-order valence-corrected chi connectivity index (χ0v) is 27.8. The number of carboxylic acid groups (broad SMARTS) is 1. The molecule has 4 fully saturated rings. The summed E-state index contributed by atoms with van der Waals surface area (Å²) in [4.78, 5) is 64.1. The van der Waals surface area contributed by atoms with Crippen molar-refractivity contribution in [2.75, 3.05) is 33.4 Å². The number of nitrogens with one attached hydrogen (secondary N) is 3. The minimum atomic E-state index is -1.20. The van der Waals surface area contributed by atoms with E-state index in [-0.39, 0.29) is 30.1 Å². The van der Waals surface area contributed by atoms with Gasteiger partial charge in [-0.15, -0.1) is 0 Å². The van der Waals surface area contributed by atoms with Crippen molar-refractivity contribution in [3.63, 3.8) is 0 Å². The Hall–Kier alpha value is -3.23. The fourth-order valence-corrected chi connectivity index (χ4v) is 7.09. The summed E-state index contributed by atoms with van der Waals surface area (Å²) in [5.41, 5.74) is 0.373. The summed E-state index contributed by atoms with van der Waals surface area (Å²) >= 11 is 0. The van der Waals surface area contributed by atoms with Gasteiger partial charge in [0.25, 0.3) is 0 Å². The van der Waals surface area contributed by atoms with Crippen LogP contribution in [0.5, 0.6) is 0 Å². The largest absolute Gasteiger partial charge is 0.480 e. The number of aliphatic carboxylic acids is 1. The van der Waals surface area contributed by atoms with Gasteiger partial charge in [0.2, 0.25) is 17.7 Å². The smallest absolute Gasteiger partial charge is 0.407 e. The number of alkyl carbamates (subject to hydrolysis) is 1. The lowest BCUT2D eigenvalue weighted by atomic mass is 9.68. The first-order valence-electron chi connectivity index (χ1n) is 16.2. The number of hydrogen-bond donors (Lipinski definition) is 4. The highest BCUT2D eigenvalue weighted by Crippen LogP contribution is 2.59. The first kappa shape index (κ1) is 35.6. The number of epoxide rings is 2. The van der Waals surface area contributed by atoms with E-state index in [0.717, 1.165) is 6.42 Å². The van der Waals surface area contributed by atoms with Crippen LogP contribution in [0.25, 0.3) is 0 Å². The van der Waals surface area contributed by atoms with E-state index in [1.807, 2.05) is 27.7 Å². The highest BCUT2D eigenvalue weighted by atomic mass is 16.6. The van der Waals surface area contributed by atoms with Crippen LogP contribution in [0, 0.1) is 11.8 Å². The average Bonchev–Trinajstić information content (AvgIpc) is 3.84. The topological polar surface area (TPSA) is 188 Å². The Morgan fingerprint density at radius 2 is 1.83 bits per heavy atom. The van der Waals surface area contributed by atoms with E-state index >= 15 is 0 Å². The SMILES string of the molecule is CO[C@@H]1[C@H](OC(=O)NCC(=O)N2CCC[C@H]2C(=O)N[C@@H](CC(C)C)C(=O)NCC(=O)O)CC[C@]2(CO2)[C@H]1[C@@]1(C)O[C@@H]1CC=C(C)C. The van der Waals surface area contributed by atoms with Crippen LogP contribution in [0.4, 0.5) is 4.79 Å². The summed E-state index contributed by atoms with van der Waals surface area (Å²) in [5, 5.41) is 16.4. The van der Waals surface area contributed by atoms with Crippen molar-refractivity contribution in [1.82, 2.24) is 20.9 Å². The van der Waals surface area contributed by atoms with Gasteiger partial charge in [0.1, 0.15) is 48.6 Å². The maximum absolute atomic E-state index is 13.2. The Balaban J connectivity index is 1.31. The summed E-state index contributed by atoms with van der Waals surface area (Å²) in [6.07, 6.45) is 3.65. The van der Waals surface area contributed by atoms with Gasteiger partial charge in [-0.05, 0) is 65.2 Å². The van der Waals surface area contributed by atoms with Crippen molar-refractivity contribution in [2.24, 2.45) is 11.8 Å². The highest BCUT2D eigenvalue weighted by molar-refractivity contribution is 5.93. The molecule has 46 heavy (non-hydrogen) atoms. The lowest BCUT2D eigenvalue weighted by Gasteiger charge is -2.42. The van der Waals surface area contributed by atoms with Crippen molar-refractivity contribution in [3.8, 4) is 0 Å². The molecule has 1 spiro atoms. The van der Waals surface area contributed by atoms with Crippen molar-refractivity contribution >= 4 is 29.8 Å². The standard InChI is InChI=1S/C32H50N4O10/c1-18(2)9-10-23-31(5,46-23)27-26(43-6)22(11-12-32(27)17-44-32)45-30(42)34-15-24(37)36-13-7-8-21(36)29(41)35-20(14-19(3)4)28(40)33-16-25(38)39/h9,19-23,26-27H,7-8,10-17H2,1-6H3,(H,33,40)(H,34,42)(H,35,41)(H,38,39)/t20-,21-,22+,23+,26+,27+,31-,32-/m0/s1. The monoisotopic (exact) mass is 650 g/mol. The fraction of sp³-hybridized carbons (Fsp3) is 0.781. The molecule has 0 aromatic rings.